The molecule has 0 aliphatic carbocycles. The molecule has 0 aromatic rings. The number of amides is 1. The smallest absolute Gasteiger partial charge is 0.305 e. The van der Waals surface area contributed by atoms with E-state index in [1.165, 1.54) is 302 Å². The van der Waals surface area contributed by atoms with Gasteiger partial charge in [-0.1, -0.05) is 321 Å². The van der Waals surface area contributed by atoms with Crippen LogP contribution in [0.1, 0.15) is 367 Å². The van der Waals surface area contributed by atoms with Crippen LogP contribution in [0.2, 0.25) is 0 Å². The lowest BCUT2D eigenvalue weighted by atomic mass is 10.0. The topological polar surface area (TPSA) is 95.9 Å². The number of nitrogens with one attached hydrogen (secondary N) is 1. The standard InChI is InChI=1S/C67H129NO5/c1-3-5-7-9-11-13-15-17-18-19-29-32-36-39-43-47-51-55-59-65(70)64(63-69)68-66(71)60-56-52-48-44-40-37-33-30-27-25-23-21-20-22-24-26-28-31-34-38-42-46-50-54-58-62-73-67(72)61-57-53-49-45-41-35-16-14-12-10-8-6-4-2/h21,23,55,59,64-65,69-70H,3-20,22,24-54,56-58,60-63H2,1-2H3,(H,68,71)/b23-21-,59-55+. The first-order valence-corrected chi connectivity index (χ1v) is 33.1. The van der Waals surface area contributed by atoms with Gasteiger partial charge >= 0.3 is 5.97 Å². The number of carbonyl (C=O) groups excluding carboxylic acids is 2. The average Bonchev–Trinajstić information content (AvgIpc) is 3.39. The van der Waals surface area contributed by atoms with Gasteiger partial charge in [-0.05, 0) is 57.8 Å². The van der Waals surface area contributed by atoms with Crippen LogP contribution in [0.4, 0.5) is 0 Å². The summed E-state index contributed by atoms with van der Waals surface area (Å²) < 4.78 is 5.48. The second kappa shape index (κ2) is 62.9. The highest BCUT2D eigenvalue weighted by atomic mass is 16.5. The highest BCUT2D eigenvalue weighted by Crippen LogP contribution is 2.18. The molecule has 3 N–H and O–H groups in total. The molecule has 0 radical (unpaired) electrons. The molecule has 6 heteroatoms. The summed E-state index contributed by atoms with van der Waals surface area (Å²) in [6.45, 7) is 4.93. The minimum absolute atomic E-state index is 0.0150. The summed E-state index contributed by atoms with van der Waals surface area (Å²) in [6, 6.07) is -0.630. The van der Waals surface area contributed by atoms with Crippen molar-refractivity contribution in [2.24, 2.45) is 0 Å². The second-order valence-electron chi connectivity index (χ2n) is 22.8. The second-order valence-corrected chi connectivity index (χ2v) is 22.8. The minimum Gasteiger partial charge on any atom is -0.466 e. The van der Waals surface area contributed by atoms with Crippen LogP contribution in [-0.4, -0.2) is 47.4 Å². The van der Waals surface area contributed by atoms with Crippen LogP contribution in [0.3, 0.4) is 0 Å². The monoisotopic (exact) mass is 1030 g/mol. The van der Waals surface area contributed by atoms with Crippen molar-refractivity contribution < 1.29 is 24.5 Å². The van der Waals surface area contributed by atoms with E-state index in [2.05, 4.69) is 31.3 Å². The van der Waals surface area contributed by atoms with Gasteiger partial charge in [-0.15, -0.1) is 0 Å². The Hall–Kier alpha value is -1.66. The van der Waals surface area contributed by atoms with Gasteiger partial charge in [0, 0.05) is 12.8 Å². The number of carbonyl (C=O) groups is 2. The molecule has 0 aromatic heterocycles. The number of aliphatic hydroxyl groups excluding tert-OH is 2. The van der Waals surface area contributed by atoms with Gasteiger partial charge in [0.1, 0.15) is 0 Å². The fourth-order valence-corrected chi connectivity index (χ4v) is 10.4. The Kier molecular flexibility index (Phi) is 61.4. The molecule has 0 rings (SSSR count). The van der Waals surface area contributed by atoms with Gasteiger partial charge in [-0.3, -0.25) is 9.59 Å². The summed E-state index contributed by atoms with van der Waals surface area (Å²) in [7, 11) is 0. The third-order valence-electron chi connectivity index (χ3n) is 15.5. The zero-order valence-corrected chi connectivity index (χ0v) is 49.4. The number of hydrogen-bond acceptors (Lipinski definition) is 5. The molecule has 2 unspecified atom stereocenters. The van der Waals surface area contributed by atoms with Crippen molar-refractivity contribution in [2.45, 2.75) is 379 Å². The van der Waals surface area contributed by atoms with E-state index < -0.39 is 12.1 Å². The van der Waals surface area contributed by atoms with Gasteiger partial charge in [0.15, 0.2) is 0 Å². The average molecular weight is 1030 g/mol. The molecular formula is C67H129NO5. The summed E-state index contributed by atoms with van der Waals surface area (Å²) >= 11 is 0. The van der Waals surface area contributed by atoms with Gasteiger partial charge in [0.25, 0.3) is 0 Å². The van der Waals surface area contributed by atoms with Crippen molar-refractivity contribution >= 4 is 11.9 Å². The molecule has 0 heterocycles. The Morgan fingerprint density at radius 1 is 0.370 bits per heavy atom. The third-order valence-corrected chi connectivity index (χ3v) is 15.5. The van der Waals surface area contributed by atoms with Crippen LogP contribution in [-0.2, 0) is 14.3 Å². The van der Waals surface area contributed by atoms with Crippen molar-refractivity contribution in [1.82, 2.24) is 5.32 Å². The highest BCUT2D eigenvalue weighted by molar-refractivity contribution is 5.76. The van der Waals surface area contributed by atoms with E-state index in [0.717, 1.165) is 38.5 Å². The van der Waals surface area contributed by atoms with Gasteiger partial charge in [-0.25, -0.2) is 0 Å². The Morgan fingerprint density at radius 2 is 0.644 bits per heavy atom. The Bertz CT molecular complexity index is 1140. The van der Waals surface area contributed by atoms with Gasteiger partial charge in [0.2, 0.25) is 5.91 Å². The number of hydrogen-bond donors (Lipinski definition) is 3. The molecule has 0 aromatic carbocycles. The van der Waals surface area contributed by atoms with E-state index >= 15 is 0 Å². The lowest BCUT2D eigenvalue weighted by Gasteiger charge is -2.20. The SMILES string of the molecule is CCCCCCCCCCCCCCCCCC/C=C/C(O)C(CO)NC(=O)CCCCCCCCCCC/C=C\CCCCCCCCCCCCCCOC(=O)CCCCCCCCCCCCCCC. The number of unbranched alkanes of at least 4 members (excludes halogenated alkanes) is 49. The molecule has 1 amide bonds. The Morgan fingerprint density at radius 3 is 0.973 bits per heavy atom. The number of esters is 1. The maximum atomic E-state index is 12.5. The number of allylic oxidation sites excluding steroid dienone is 3. The van der Waals surface area contributed by atoms with Crippen LogP contribution in [0.5, 0.6) is 0 Å². The molecule has 432 valence electrons. The van der Waals surface area contributed by atoms with Crippen molar-refractivity contribution in [2.75, 3.05) is 13.2 Å². The molecule has 0 aliphatic heterocycles. The fraction of sp³-hybridized carbons (Fsp3) is 0.910. The Balaban J connectivity index is 3.42. The third kappa shape index (κ3) is 59.4. The van der Waals surface area contributed by atoms with E-state index in [1.807, 2.05) is 6.08 Å². The largest absolute Gasteiger partial charge is 0.466 e. The minimum atomic E-state index is -0.846. The van der Waals surface area contributed by atoms with Crippen LogP contribution < -0.4 is 5.32 Å². The normalized spacial score (nSPS) is 12.7. The van der Waals surface area contributed by atoms with E-state index in [4.69, 9.17) is 4.74 Å². The summed E-state index contributed by atoms with van der Waals surface area (Å²) in [5, 5.41) is 23.2. The van der Waals surface area contributed by atoms with Crippen molar-refractivity contribution in [1.29, 1.82) is 0 Å². The summed E-state index contributed by atoms with van der Waals surface area (Å²) in [4.78, 5) is 24.5. The van der Waals surface area contributed by atoms with Crippen LogP contribution in [0.15, 0.2) is 24.3 Å². The van der Waals surface area contributed by atoms with Crippen LogP contribution in [0, 0.1) is 0 Å². The van der Waals surface area contributed by atoms with Crippen molar-refractivity contribution in [3.63, 3.8) is 0 Å². The first-order chi connectivity index (χ1) is 36.0. The molecule has 73 heavy (non-hydrogen) atoms. The van der Waals surface area contributed by atoms with E-state index in [1.54, 1.807) is 6.08 Å². The fourth-order valence-electron chi connectivity index (χ4n) is 10.4. The maximum absolute atomic E-state index is 12.5. The van der Waals surface area contributed by atoms with Gasteiger partial charge in [-0.2, -0.15) is 0 Å². The number of rotatable bonds is 62. The lowest BCUT2D eigenvalue weighted by molar-refractivity contribution is -0.143. The molecule has 0 fully saturated rings. The molecule has 0 bridgehead atoms. The van der Waals surface area contributed by atoms with Gasteiger partial charge in [0.05, 0.1) is 25.4 Å². The zero-order chi connectivity index (χ0) is 52.9. The lowest BCUT2D eigenvalue weighted by Crippen LogP contribution is -2.45. The zero-order valence-electron chi connectivity index (χ0n) is 49.4. The predicted molar refractivity (Wildman–Crippen MR) is 320 cm³/mol. The van der Waals surface area contributed by atoms with Crippen LogP contribution >= 0.6 is 0 Å². The van der Waals surface area contributed by atoms with E-state index in [9.17, 15) is 19.8 Å². The summed E-state index contributed by atoms with van der Waals surface area (Å²) in [5.41, 5.74) is 0. The van der Waals surface area contributed by atoms with E-state index in [0.29, 0.717) is 19.4 Å². The first-order valence-electron chi connectivity index (χ1n) is 33.1. The molecule has 2 atom stereocenters. The van der Waals surface area contributed by atoms with Gasteiger partial charge < -0.3 is 20.3 Å². The highest BCUT2D eigenvalue weighted by Gasteiger charge is 2.18. The quantitative estimate of drug-likeness (QED) is 0.0320. The molecule has 0 saturated carbocycles. The maximum Gasteiger partial charge on any atom is 0.305 e. The van der Waals surface area contributed by atoms with E-state index in [-0.39, 0.29) is 18.5 Å². The first kappa shape index (κ1) is 71.3. The van der Waals surface area contributed by atoms with Crippen molar-refractivity contribution in [3.05, 3.63) is 24.3 Å². The number of ether oxygens (including phenoxy) is 1. The summed E-state index contributed by atoms with van der Waals surface area (Å²) in [6.07, 6.45) is 78.0. The summed E-state index contributed by atoms with van der Waals surface area (Å²) in [5.74, 6) is -0.0530. The molecule has 0 aliphatic rings. The number of aliphatic hydroxyl groups is 2. The predicted octanol–water partition coefficient (Wildman–Crippen LogP) is 21.0. The Labute approximate surface area is 456 Å². The van der Waals surface area contributed by atoms with Crippen molar-refractivity contribution in [3.8, 4) is 0 Å². The molecule has 0 spiro atoms. The molecular weight excluding hydrogens is 899 g/mol. The molecule has 6 nitrogen and oxygen atoms in total. The molecule has 0 saturated heterocycles. The van der Waals surface area contributed by atoms with Crippen LogP contribution in [0.25, 0.3) is 0 Å².